The number of amides is 1. The van der Waals surface area contributed by atoms with Gasteiger partial charge in [-0.2, -0.15) is 0 Å². The number of carbonyl (C=O) groups is 1. The molecule has 8 nitrogen and oxygen atoms in total. The van der Waals surface area contributed by atoms with Gasteiger partial charge in [0.1, 0.15) is 17.9 Å². The van der Waals surface area contributed by atoms with E-state index >= 15 is 0 Å². The summed E-state index contributed by atoms with van der Waals surface area (Å²) in [6, 6.07) is 8.73. The minimum atomic E-state index is -0.109. The van der Waals surface area contributed by atoms with Gasteiger partial charge in [-0.1, -0.05) is 29.8 Å². The van der Waals surface area contributed by atoms with Crippen molar-refractivity contribution in [2.45, 2.75) is 33.2 Å². The molecule has 2 aliphatic rings. The summed E-state index contributed by atoms with van der Waals surface area (Å²) in [7, 11) is 0. The van der Waals surface area contributed by atoms with Crippen LogP contribution in [0.4, 0.5) is 5.82 Å². The van der Waals surface area contributed by atoms with Crippen molar-refractivity contribution in [1.82, 2.24) is 20.2 Å². The molecule has 2 aliphatic heterocycles. The third kappa shape index (κ3) is 4.93. The molecule has 3 aromatic rings. The first kappa shape index (κ1) is 22.8. The van der Waals surface area contributed by atoms with E-state index in [1.165, 1.54) is 17.5 Å². The van der Waals surface area contributed by atoms with Crippen LogP contribution in [0.5, 0.6) is 0 Å². The number of ether oxygens (including phenoxy) is 1. The number of hydrogen-bond acceptors (Lipinski definition) is 7. The third-order valence-electron chi connectivity index (χ3n) is 6.93. The smallest absolute Gasteiger partial charge is 0.255 e. The number of morpholine rings is 1. The predicted molar refractivity (Wildman–Crippen MR) is 131 cm³/mol. The van der Waals surface area contributed by atoms with Gasteiger partial charge in [0.15, 0.2) is 0 Å². The van der Waals surface area contributed by atoms with Crippen molar-refractivity contribution >= 4 is 22.8 Å². The van der Waals surface area contributed by atoms with Gasteiger partial charge in [0.25, 0.3) is 5.91 Å². The molecular formula is C26H33N5O3. The van der Waals surface area contributed by atoms with Crippen molar-refractivity contribution in [1.29, 1.82) is 0 Å². The Morgan fingerprint density at radius 2 is 1.91 bits per heavy atom. The second-order valence-corrected chi connectivity index (χ2v) is 9.43. The van der Waals surface area contributed by atoms with Crippen LogP contribution in [0, 0.1) is 19.8 Å². The standard InChI is InChI=1S/C26H33N5O3/c1-18-4-3-5-21(14-18)16-30-8-6-20(7-9-30)15-27-25(32)22-19(2)34-26-23(22)24(28-17-29-26)31-10-12-33-13-11-31/h3-5,14,17,20H,6-13,15-16H2,1-2H3,(H,27,32). The largest absolute Gasteiger partial charge is 0.442 e. The highest BCUT2D eigenvalue weighted by molar-refractivity contribution is 6.10. The second kappa shape index (κ2) is 10.1. The van der Waals surface area contributed by atoms with Crippen molar-refractivity contribution < 1.29 is 13.9 Å². The molecule has 0 atom stereocenters. The maximum Gasteiger partial charge on any atom is 0.255 e. The van der Waals surface area contributed by atoms with Gasteiger partial charge in [-0.15, -0.1) is 0 Å². The van der Waals surface area contributed by atoms with Crippen molar-refractivity contribution in [2.75, 3.05) is 50.8 Å². The van der Waals surface area contributed by atoms with Crippen LogP contribution in [0.1, 0.15) is 40.1 Å². The Kier molecular flexibility index (Phi) is 6.78. The van der Waals surface area contributed by atoms with Crippen LogP contribution in [0.25, 0.3) is 11.1 Å². The Labute approximate surface area is 200 Å². The lowest BCUT2D eigenvalue weighted by atomic mass is 9.96. The maximum atomic E-state index is 13.3. The van der Waals surface area contributed by atoms with E-state index in [0.717, 1.165) is 51.4 Å². The molecule has 2 aromatic heterocycles. The molecule has 180 valence electrons. The van der Waals surface area contributed by atoms with Gasteiger partial charge in [0, 0.05) is 26.2 Å². The first-order chi connectivity index (χ1) is 16.6. The van der Waals surface area contributed by atoms with E-state index in [1.807, 2.05) is 6.92 Å². The summed E-state index contributed by atoms with van der Waals surface area (Å²) in [5, 5.41) is 3.87. The van der Waals surface area contributed by atoms with E-state index in [9.17, 15) is 4.79 Å². The predicted octanol–water partition coefficient (Wildman–Crippen LogP) is 3.32. The molecule has 2 saturated heterocycles. The first-order valence-electron chi connectivity index (χ1n) is 12.2. The number of nitrogens with zero attached hydrogens (tertiary/aromatic N) is 4. The fraction of sp³-hybridized carbons (Fsp3) is 0.500. The molecule has 1 N–H and O–H groups in total. The van der Waals surface area contributed by atoms with Gasteiger partial charge in [-0.3, -0.25) is 9.69 Å². The number of furan rings is 1. The number of hydrogen-bond donors (Lipinski definition) is 1. The molecule has 5 rings (SSSR count). The Morgan fingerprint density at radius 1 is 1.12 bits per heavy atom. The number of aryl methyl sites for hydroxylation is 2. The van der Waals surface area contributed by atoms with E-state index < -0.39 is 0 Å². The lowest BCUT2D eigenvalue weighted by molar-refractivity contribution is 0.0935. The minimum absolute atomic E-state index is 0.109. The number of likely N-dealkylation sites (tertiary alicyclic amines) is 1. The number of nitrogens with one attached hydrogen (secondary N) is 1. The number of rotatable bonds is 6. The molecule has 0 radical (unpaired) electrons. The summed E-state index contributed by atoms with van der Waals surface area (Å²) < 4.78 is 11.3. The van der Waals surface area contributed by atoms with Crippen LogP contribution < -0.4 is 10.2 Å². The van der Waals surface area contributed by atoms with Crippen LogP contribution in [-0.4, -0.2) is 66.7 Å². The zero-order chi connectivity index (χ0) is 23.5. The Hall–Kier alpha value is -2.97. The lowest BCUT2D eigenvalue weighted by Crippen LogP contribution is -2.38. The van der Waals surface area contributed by atoms with Gasteiger partial charge >= 0.3 is 0 Å². The summed E-state index contributed by atoms with van der Waals surface area (Å²) in [5.41, 5.74) is 3.68. The summed E-state index contributed by atoms with van der Waals surface area (Å²) in [4.78, 5) is 26.7. The van der Waals surface area contributed by atoms with E-state index in [4.69, 9.17) is 9.15 Å². The van der Waals surface area contributed by atoms with E-state index in [2.05, 4.69) is 56.3 Å². The zero-order valence-electron chi connectivity index (χ0n) is 20.0. The Morgan fingerprint density at radius 3 is 2.68 bits per heavy atom. The molecular weight excluding hydrogens is 430 g/mol. The Balaban J connectivity index is 1.21. The molecule has 2 fully saturated rings. The molecule has 0 saturated carbocycles. The number of fused-ring (bicyclic) bond motifs is 1. The molecule has 8 heteroatoms. The fourth-order valence-electron chi connectivity index (χ4n) is 5.06. The highest BCUT2D eigenvalue weighted by Gasteiger charge is 2.27. The minimum Gasteiger partial charge on any atom is -0.442 e. The molecule has 1 aromatic carbocycles. The average molecular weight is 464 g/mol. The molecule has 0 aliphatic carbocycles. The molecule has 1 amide bonds. The van der Waals surface area contributed by atoms with Crippen LogP contribution in [0.3, 0.4) is 0 Å². The SMILES string of the molecule is Cc1cccc(CN2CCC(CNC(=O)c3c(C)oc4ncnc(N5CCOCC5)c34)CC2)c1. The topological polar surface area (TPSA) is 83.7 Å². The van der Waals surface area contributed by atoms with Crippen LogP contribution >= 0.6 is 0 Å². The second-order valence-electron chi connectivity index (χ2n) is 9.43. The number of anilines is 1. The van der Waals surface area contributed by atoms with Crippen molar-refractivity contribution in [3.05, 3.63) is 53.0 Å². The fourth-order valence-corrected chi connectivity index (χ4v) is 5.06. The monoisotopic (exact) mass is 463 g/mol. The molecule has 0 bridgehead atoms. The maximum absolute atomic E-state index is 13.3. The average Bonchev–Trinajstić information content (AvgIpc) is 3.20. The third-order valence-corrected chi connectivity index (χ3v) is 6.93. The molecule has 0 unspecified atom stereocenters. The quantitative estimate of drug-likeness (QED) is 0.600. The van der Waals surface area contributed by atoms with E-state index in [0.29, 0.717) is 48.1 Å². The highest BCUT2D eigenvalue weighted by Crippen LogP contribution is 2.31. The van der Waals surface area contributed by atoms with Crippen molar-refractivity contribution in [3.63, 3.8) is 0 Å². The van der Waals surface area contributed by atoms with Gasteiger partial charge in [0.2, 0.25) is 5.71 Å². The number of benzene rings is 1. The lowest BCUT2D eigenvalue weighted by Gasteiger charge is -2.32. The molecule has 34 heavy (non-hydrogen) atoms. The van der Waals surface area contributed by atoms with Gasteiger partial charge < -0.3 is 19.4 Å². The van der Waals surface area contributed by atoms with E-state index in [-0.39, 0.29) is 5.91 Å². The van der Waals surface area contributed by atoms with Crippen LogP contribution in [-0.2, 0) is 11.3 Å². The summed E-state index contributed by atoms with van der Waals surface area (Å²) >= 11 is 0. The molecule has 0 spiro atoms. The van der Waals surface area contributed by atoms with Crippen molar-refractivity contribution in [3.8, 4) is 0 Å². The first-order valence-corrected chi connectivity index (χ1v) is 12.2. The summed E-state index contributed by atoms with van der Waals surface area (Å²) in [6.07, 6.45) is 3.67. The summed E-state index contributed by atoms with van der Waals surface area (Å²) in [5.74, 6) is 1.70. The van der Waals surface area contributed by atoms with Crippen molar-refractivity contribution in [2.24, 2.45) is 5.92 Å². The van der Waals surface area contributed by atoms with Gasteiger partial charge in [-0.25, -0.2) is 9.97 Å². The highest BCUT2D eigenvalue weighted by atomic mass is 16.5. The van der Waals surface area contributed by atoms with E-state index in [1.54, 1.807) is 0 Å². The van der Waals surface area contributed by atoms with Crippen LogP contribution in [0.15, 0.2) is 35.0 Å². The van der Waals surface area contributed by atoms with Gasteiger partial charge in [-0.05, 0) is 51.3 Å². The molecule has 4 heterocycles. The Bertz CT molecular complexity index is 1150. The van der Waals surface area contributed by atoms with Crippen LogP contribution in [0.2, 0.25) is 0 Å². The normalized spacial score (nSPS) is 17.9. The number of carbonyl (C=O) groups excluding carboxylic acids is 1. The number of piperidine rings is 1. The summed E-state index contributed by atoms with van der Waals surface area (Å²) in [6.45, 7) is 10.5. The number of aromatic nitrogens is 2. The van der Waals surface area contributed by atoms with Gasteiger partial charge in [0.05, 0.1) is 24.2 Å². The zero-order valence-corrected chi connectivity index (χ0v) is 20.0.